The molecule has 0 spiro atoms. The van der Waals surface area contributed by atoms with Gasteiger partial charge in [0.15, 0.2) is 0 Å². The van der Waals surface area contributed by atoms with E-state index >= 15 is 0 Å². The van der Waals surface area contributed by atoms with E-state index in [2.05, 4.69) is 26.8 Å². The van der Waals surface area contributed by atoms with Gasteiger partial charge in [0, 0.05) is 12.0 Å². The van der Waals surface area contributed by atoms with Crippen molar-refractivity contribution in [2.24, 2.45) is 0 Å². The molecule has 2 rings (SSSR count). The summed E-state index contributed by atoms with van der Waals surface area (Å²) in [4.78, 5) is 0. The fourth-order valence-corrected chi connectivity index (χ4v) is 3.26. The summed E-state index contributed by atoms with van der Waals surface area (Å²) in [6.07, 6.45) is 8.36. The van der Waals surface area contributed by atoms with Crippen LogP contribution in [0.3, 0.4) is 0 Å². The van der Waals surface area contributed by atoms with Crippen molar-refractivity contribution in [1.29, 1.82) is 0 Å². The molecule has 2 N–H and O–H groups in total. The SMILES string of the molecule is CCCCCc1cc(O)c2c(c1)OC(C(C)(O)CCC=C(C)C)C2. The second kappa shape index (κ2) is 8.06. The van der Waals surface area contributed by atoms with Crippen molar-refractivity contribution < 1.29 is 14.9 Å². The van der Waals surface area contributed by atoms with Crippen LogP contribution in [0.4, 0.5) is 0 Å². The molecule has 0 amide bonds. The monoisotopic (exact) mass is 332 g/mol. The first-order chi connectivity index (χ1) is 11.3. The van der Waals surface area contributed by atoms with E-state index in [4.69, 9.17) is 4.74 Å². The lowest BCUT2D eigenvalue weighted by molar-refractivity contribution is -0.0433. The minimum Gasteiger partial charge on any atom is -0.508 e. The maximum Gasteiger partial charge on any atom is 0.131 e. The largest absolute Gasteiger partial charge is 0.508 e. The Labute approximate surface area is 146 Å². The normalized spacial score (nSPS) is 18.6. The number of hydrogen-bond acceptors (Lipinski definition) is 3. The Bertz CT molecular complexity index is 583. The van der Waals surface area contributed by atoms with Gasteiger partial charge >= 0.3 is 0 Å². The van der Waals surface area contributed by atoms with Crippen LogP contribution in [-0.4, -0.2) is 21.9 Å². The standard InChI is InChI=1S/C21H32O3/c1-5-6-7-10-16-12-18(22)17-14-20(24-19(17)13-16)21(4,23)11-8-9-15(2)3/h9,12-13,20,22-23H,5-8,10-11,14H2,1-4H3. The van der Waals surface area contributed by atoms with Crippen LogP contribution >= 0.6 is 0 Å². The Kier molecular flexibility index (Phi) is 6.34. The van der Waals surface area contributed by atoms with E-state index < -0.39 is 5.60 Å². The predicted octanol–water partition coefficient (Wildman–Crippen LogP) is 4.93. The number of benzene rings is 1. The molecule has 0 bridgehead atoms. The van der Waals surface area contributed by atoms with E-state index in [1.165, 1.54) is 18.4 Å². The number of ether oxygens (including phenoxy) is 1. The van der Waals surface area contributed by atoms with E-state index in [1.807, 2.05) is 19.1 Å². The first-order valence-corrected chi connectivity index (χ1v) is 9.20. The minimum absolute atomic E-state index is 0.296. The molecule has 1 aromatic carbocycles. The van der Waals surface area contributed by atoms with Gasteiger partial charge in [0.2, 0.25) is 0 Å². The topological polar surface area (TPSA) is 49.7 Å². The molecule has 1 aliphatic rings. The summed E-state index contributed by atoms with van der Waals surface area (Å²) in [6.45, 7) is 8.15. The number of hydrogen-bond donors (Lipinski definition) is 2. The fourth-order valence-electron chi connectivity index (χ4n) is 3.26. The van der Waals surface area contributed by atoms with Crippen molar-refractivity contribution in [3.63, 3.8) is 0 Å². The third-order valence-electron chi connectivity index (χ3n) is 4.87. The van der Waals surface area contributed by atoms with Gasteiger partial charge in [-0.25, -0.2) is 0 Å². The number of rotatable bonds is 8. The summed E-state index contributed by atoms with van der Waals surface area (Å²) in [5.41, 5.74) is 2.31. The highest BCUT2D eigenvalue weighted by atomic mass is 16.5. The zero-order chi connectivity index (χ0) is 17.7. The van der Waals surface area contributed by atoms with Crippen LogP contribution in [0.2, 0.25) is 0 Å². The van der Waals surface area contributed by atoms with E-state index in [-0.39, 0.29) is 6.10 Å². The molecule has 1 aliphatic heterocycles. The molecule has 0 fully saturated rings. The zero-order valence-corrected chi connectivity index (χ0v) is 15.6. The van der Waals surface area contributed by atoms with Gasteiger partial charge in [-0.1, -0.05) is 31.4 Å². The molecule has 134 valence electrons. The second-order valence-electron chi connectivity index (χ2n) is 7.54. The predicted molar refractivity (Wildman–Crippen MR) is 98.7 cm³/mol. The van der Waals surface area contributed by atoms with Crippen LogP contribution in [0.5, 0.6) is 11.5 Å². The molecule has 2 unspecified atom stereocenters. The molecular formula is C21H32O3. The molecule has 1 heterocycles. The smallest absolute Gasteiger partial charge is 0.131 e. The summed E-state index contributed by atoms with van der Waals surface area (Å²) in [7, 11) is 0. The van der Waals surface area contributed by atoms with Gasteiger partial charge in [-0.3, -0.25) is 0 Å². The summed E-state index contributed by atoms with van der Waals surface area (Å²) in [5, 5.41) is 21.1. The lowest BCUT2D eigenvalue weighted by Crippen LogP contribution is -2.42. The summed E-state index contributed by atoms with van der Waals surface area (Å²) >= 11 is 0. The molecule has 0 radical (unpaired) electrons. The number of allylic oxidation sites excluding steroid dienone is 2. The number of phenols is 1. The highest BCUT2D eigenvalue weighted by Gasteiger charge is 2.39. The van der Waals surface area contributed by atoms with Crippen LogP contribution in [-0.2, 0) is 12.8 Å². The Balaban J connectivity index is 2.05. The number of unbranched alkanes of at least 4 members (excludes halogenated alkanes) is 2. The number of aliphatic hydroxyl groups is 1. The molecule has 3 heteroatoms. The molecule has 24 heavy (non-hydrogen) atoms. The van der Waals surface area contributed by atoms with Crippen molar-refractivity contribution in [2.75, 3.05) is 0 Å². The number of phenolic OH excluding ortho intramolecular Hbond substituents is 1. The lowest BCUT2D eigenvalue weighted by Gasteiger charge is -2.29. The molecule has 1 aromatic rings. The van der Waals surface area contributed by atoms with Crippen LogP contribution < -0.4 is 4.74 Å². The third-order valence-corrected chi connectivity index (χ3v) is 4.87. The summed E-state index contributed by atoms with van der Waals surface area (Å²) < 4.78 is 6.03. The third kappa shape index (κ3) is 4.76. The van der Waals surface area contributed by atoms with Gasteiger partial charge in [-0.2, -0.15) is 0 Å². The number of aryl methyl sites for hydroxylation is 1. The molecule has 0 saturated carbocycles. The van der Waals surface area contributed by atoms with Crippen LogP contribution in [0, 0.1) is 0 Å². The average Bonchev–Trinajstić information content (AvgIpc) is 2.92. The zero-order valence-electron chi connectivity index (χ0n) is 15.6. The highest BCUT2D eigenvalue weighted by molar-refractivity contribution is 5.50. The number of fused-ring (bicyclic) bond motifs is 1. The van der Waals surface area contributed by atoms with E-state index in [0.29, 0.717) is 18.6 Å². The average molecular weight is 332 g/mol. The molecule has 0 aromatic heterocycles. The van der Waals surface area contributed by atoms with Crippen molar-refractivity contribution in [1.82, 2.24) is 0 Å². The minimum atomic E-state index is -0.903. The Hall–Kier alpha value is -1.48. The van der Waals surface area contributed by atoms with E-state index in [9.17, 15) is 10.2 Å². The van der Waals surface area contributed by atoms with Gasteiger partial charge in [0.1, 0.15) is 17.6 Å². The molecule has 0 saturated heterocycles. The first kappa shape index (κ1) is 18.9. The number of aromatic hydroxyl groups is 1. The molecule has 2 atom stereocenters. The van der Waals surface area contributed by atoms with Crippen LogP contribution in [0.15, 0.2) is 23.8 Å². The maximum atomic E-state index is 10.8. The van der Waals surface area contributed by atoms with E-state index in [0.717, 1.165) is 36.1 Å². The van der Waals surface area contributed by atoms with Gasteiger partial charge < -0.3 is 14.9 Å². The van der Waals surface area contributed by atoms with Gasteiger partial charge in [0.25, 0.3) is 0 Å². The molecular weight excluding hydrogens is 300 g/mol. The van der Waals surface area contributed by atoms with Gasteiger partial charge in [-0.05, 0) is 64.2 Å². The van der Waals surface area contributed by atoms with Crippen molar-refractivity contribution in [2.45, 2.75) is 84.3 Å². The quantitative estimate of drug-likeness (QED) is 0.524. The fraction of sp³-hybridized carbons (Fsp3) is 0.619. The second-order valence-corrected chi connectivity index (χ2v) is 7.54. The van der Waals surface area contributed by atoms with E-state index in [1.54, 1.807) is 0 Å². The summed E-state index contributed by atoms with van der Waals surface area (Å²) in [6, 6.07) is 3.90. The Morgan fingerprint density at radius 1 is 1.33 bits per heavy atom. The van der Waals surface area contributed by atoms with Gasteiger partial charge in [-0.15, -0.1) is 0 Å². The lowest BCUT2D eigenvalue weighted by atomic mass is 9.90. The van der Waals surface area contributed by atoms with Gasteiger partial charge in [0.05, 0.1) is 5.60 Å². The molecule has 0 aliphatic carbocycles. The molecule has 3 nitrogen and oxygen atoms in total. The van der Waals surface area contributed by atoms with Crippen LogP contribution in [0.25, 0.3) is 0 Å². The Morgan fingerprint density at radius 2 is 2.08 bits per heavy atom. The van der Waals surface area contributed by atoms with Crippen molar-refractivity contribution in [3.05, 3.63) is 34.9 Å². The maximum absolute atomic E-state index is 10.8. The van der Waals surface area contributed by atoms with Crippen LogP contribution in [0.1, 0.15) is 70.9 Å². The van der Waals surface area contributed by atoms with Crippen molar-refractivity contribution in [3.8, 4) is 11.5 Å². The Morgan fingerprint density at radius 3 is 2.75 bits per heavy atom. The summed E-state index contributed by atoms with van der Waals surface area (Å²) in [5.74, 6) is 1.05. The first-order valence-electron chi connectivity index (χ1n) is 9.20. The highest BCUT2D eigenvalue weighted by Crippen LogP contribution is 2.40. The van der Waals surface area contributed by atoms with Crippen molar-refractivity contribution >= 4 is 0 Å².